The number of rotatable bonds is 8. The molecule has 5 aliphatic heterocycles. The number of piperidine rings is 3. The number of aliphatic carboxylic acids is 1. The molecule has 16 heteroatoms. The minimum atomic E-state index is -1.15. The minimum absolute atomic E-state index is 0.0169. The highest BCUT2D eigenvalue weighted by Gasteiger charge is 2.56. The van der Waals surface area contributed by atoms with Gasteiger partial charge < -0.3 is 31.2 Å². The molecule has 2 bridgehead atoms. The van der Waals surface area contributed by atoms with E-state index in [0.29, 0.717) is 17.3 Å². The van der Waals surface area contributed by atoms with E-state index >= 15 is 0 Å². The van der Waals surface area contributed by atoms with Gasteiger partial charge >= 0.3 is 5.97 Å². The summed E-state index contributed by atoms with van der Waals surface area (Å²) in [6.45, 7) is 3.21. The lowest BCUT2D eigenvalue weighted by Crippen LogP contribution is -2.71. The van der Waals surface area contributed by atoms with Crippen LogP contribution in [0, 0.1) is 5.41 Å². The van der Waals surface area contributed by atoms with Gasteiger partial charge in [0.25, 0.3) is 11.8 Å². The Labute approximate surface area is 226 Å². The molecule has 0 unspecified atom stereocenters. The number of oxime groups is 1. The molecule has 6 N–H and O–H groups in total. The third-order valence-corrected chi connectivity index (χ3v) is 10.1. The molecule has 0 aromatic carbocycles. The summed E-state index contributed by atoms with van der Waals surface area (Å²) in [5.74, 6) is -1.93. The van der Waals surface area contributed by atoms with Crippen molar-refractivity contribution < 1.29 is 28.8 Å². The number of nitrogens with one attached hydrogen (secondary N) is 1. The fraction of sp³-hybridized carbons (Fsp3) is 0.571. The number of nitrogens with two attached hydrogens (primary N) is 2. The van der Waals surface area contributed by atoms with Crippen LogP contribution in [0.25, 0.3) is 0 Å². The molecule has 2 atom stereocenters. The van der Waals surface area contributed by atoms with Crippen LogP contribution >= 0.6 is 35.5 Å². The van der Waals surface area contributed by atoms with Crippen LogP contribution in [-0.4, -0.2) is 103 Å². The molecule has 4 saturated heterocycles. The number of hydrogen-bond acceptors (Lipinski definition) is 11. The first kappa shape index (κ1) is 25.8. The smallest absolute Gasteiger partial charge is 0.352 e. The number of thiocarbonyl (C=S) groups is 1. The van der Waals surface area contributed by atoms with Crippen molar-refractivity contribution in [2.24, 2.45) is 16.3 Å². The fourth-order valence-corrected chi connectivity index (χ4v) is 7.77. The lowest BCUT2D eigenvalue weighted by atomic mass is 9.70. The molecule has 37 heavy (non-hydrogen) atoms. The summed E-state index contributed by atoms with van der Waals surface area (Å²) >= 11 is 7.66. The summed E-state index contributed by atoms with van der Waals surface area (Å²) in [6.07, 6.45) is 2.69. The van der Waals surface area contributed by atoms with E-state index in [1.807, 2.05) is 0 Å². The number of nitrogens with zero attached hydrogens (tertiary/aromatic N) is 5. The van der Waals surface area contributed by atoms with E-state index < -0.39 is 29.2 Å². The zero-order valence-electron chi connectivity index (χ0n) is 20.0. The highest BCUT2D eigenvalue weighted by molar-refractivity contribution is 8.00. The Morgan fingerprint density at radius 3 is 2.57 bits per heavy atom. The quantitative estimate of drug-likeness (QED) is 0.104. The Hall–Kier alpha value is -2.82. The van der Waals surface area contributed by atoms with Crippen molar-refractivity contribution >= 4 is 69.1 Å². The third kappa shape index (κ3) is 4.34. The molecule has 13 nitrogen and oxygen atoms in total. The first-order valence-electron chi connectivity index (χ1n) is 11.7. The van der Waals surface area contributed by atoms with Gasteiger partial charge in [0.1, 0.15) is 30.8 Å². The number of nitrogen functional groups attached to an aromatic ring is 1. The zero-order chi connectivity index (χ0) is 26.5. The average molecular weight is 568 g/mol. The van der Waals surface area contributed by atoms with Crippen LogP contribution < -0.4 is 16.8 Å². The number of fused-ring (bicyclic) bond motifs is 4. The van der Waals surface area contributed by atoms with Gasteiger partial charge in [-0.3, -0.25) is 14.5 Å². The van der Waals surface area contributed by atoms with E-state index in [1.54, 1.807) is 0 Å². The lowest BCUT2D eigenvalue weighted by Gasteiger charge is -2.55. The molecule has 1 aromatic rings. The van der Waals surface area contributed by atoms with Crippen LogP contribution in [0.5, 0.6) is 0 Å². The van der Waals surface area contributed by atoms with Crippen molar-refractivity contribution in [1.82, 2.24) is 19.6 Å². The van der Waals surface area contributed by atoms with Gasteiger partial charge in [-0.15, -0.1) is 11.8 Å². The maximum absolute atomic E-state index is 13.1. The van der Waals surface area contributed by atoms with Crippen LogP contribution in [0.15, 0.2) is 16.4 Å². The number of anilines is 1. The molecular weight excluding hydrogens is 540 g/mol. The van der Waals surface area contributed by atoms with Gasteiger partial charge in [-0.25, -0.2) is 4.79 Å². The Morgan fingerprint density at radius 1 is 1.35 bits per heavy atom. The summed E-state index contributed by atoms with van der Waals surface area (Å²) in [5.41, 5.74) is 12.1. The number of carboxylic acids is 1. The van der Waals surface area contributed by atoms with E-state index in [0.717, 1.165) is 60.5 Å². The molecule has 0 aliphatic carbocycles. The van der Waals surface area contributed by atoms with Gasteiger partial charge in [0.2, 0.25) is 11.5 Å². The molecule has 0 saturated carbocycles. The van der Waals surface area contributed by atoms with Crippen LogP contribution in [0.1, 0.15) is 25.1 Å². The number of thioether (sulfide) groups is 1. The Morgan fingerprint density at radius 2 is 2.03 bits per heavy atom. The second-order valence-corrected chi connectivity index (χ2v) is 12.1. The molecule has 6 rings (SSSR count). The van der Waals surface area contributed by atoms with Crippen LogP contribution in [-0.2, 0) is 19.2 Å². The predicted molar refractivity (Wildman–Crippen MR) is 140 cm³/mol. The molecule has 198 valence electrons. The van der Waals surface area contributed by atoms with Gasteiger partial charge in [-0.2, -0.15) is 9.36 Å². The van der Waals surface area contributed by atoms with E-state index in [-0.39, 0.29) is 27.8 Å². The molecule has 2 amide bonds. The van der Waals surface area contributed by atoms with Gasteiger partial charge in [0, 0.05) is 47.5 Å². The topological polar surface area (TPSA) is 186 Å². The second kappa shape index (κ2) is 9.49. The van der Waals surface area contributed by atoms with Crippen LogP contribution in [0.3, 0.4) is 0 Å². The summed E-state index contributed by atoms with van der Waals surface area (Å²) in [7, 11) is 1.27. The summed E-state index contributed by atoms with van der Waals surface area (Å²) in [4.78, 5) is 48.9. The van der Waals surface area contributed by atoms with Crippen molar-refractivity contribution in [3.63, 3.8) is 0 Å². The van der Waals surface area contributed by atoms with E-state index in [1.165, 1.54) is 23.8 Å². The highest BCUT2D eigenvalue weighted by atomic mass is 32.2. The number of carbonyl (C=O) groups excluding carboxylic acids is 2. The van der Waals surface area contributed by atoms with Gasteiger partial charge in [-0.05, 0) is 0 Å². The predicted octanol–water partition coefficient (Wildman–Crippen LogP) is -0.504. The van der Waals surface area contributed by atoms with E-state index in [2.05, 4.69) is 19.8 Å². The first-order valence-corrected chi connectivity index (χ1v) is 13.9. The molecule has 0 radical (unpaired) electrons. The van der Waals surface area contributed by atoms with Crippen LogP contribution in [0.4, 0.5) is 5.13 Å². The summed E-state index contributed by atoms with van der Waals surface area (Å²) in [6, 6.07) is -0.922. The molecule has 4 fully saturated rings. The fourth-order valence-electron chi connectivity index (χ4n) is 5.70. The molecule has 6 heterocycles. The standard InChI is InChI=1S/C21H26N8O5S3/c1-34-26-11(14-25-20(23)37-27-14)15(30)24-12-16(31)28-13(18(32)33)10(9-36-17(12)28)8-29-5-2-21(3-6-29,4-7-29)19(22)35/h12,17H,2-9H2,1H3,(H5-,22,23,24,25,27,30,32,33,35)/p+1/b26-11-/t12-,17-,21?,29?/m1/s1. The van der Waals surface area contributed by atoms with Gasteiger partial charge in [0.05, 0.1) is 24.6 Å². The van der Waals surface area contributed by atoms with Crippen molar-refractivity contribution in [2.45, 2.75) is 30.7 Å². The molecular formula is C21H27N8O5S3+. The first-order chi connectivity index (χ1) is 17.6. The van der Waals surface area contributed by atoms with Crippen LogP contribution in [0.2, 0.25) is 0 Å². The summed E-state index contributed by atoms with van der Waals surface area (Å²) < 4.78 is 4.75. The number of amides is 2. The number of carboxylic acid groups (broad SMARTS) is 1. The average Bonchev–Trinajstić information content (AvgIpc) is 3.31. The van der Waals surface area contributed by atoms with E-state index in [4.69, 9.17) is 28.5 Å². The highest BCUT2D eigenvalue weighted by Crippen LogP contribution is 2.46. The van der Waals surface area contributed by atoms with E-state index in [9.17, 15) is 19.5 Å². The molecule has 5 aliphatic rings. The Kier molecular flexibility index (Phi) is 6.62. The van der Waals surface area contributed by atoms with Crippen molar-refractivity contribution in [3.05, 3.63) is 17.1 Å². The number of β-lactam (4-membered cyclic amide) rings is 1. The van der Waals surface area contributed by atoms with Crippen molar-refractivity contribution in [3.8, 4) is 0 Å². The number of aromatic nitrogens is 2. The van der Waals surface area contributed by atoms with Crippen molar-refractivity contribution in [1.29, 1.82) is 0 Å². The zero-order valence-corrected chi connectivity index (χ0v) is 22.5. The minimum Gasteiger partial charge on any atom is -0.477 e. The molecule has 0 spiro atoms. The van der Waals surface area contributed by atoms with Gasteiger partial charge in [0.15, 0.2) is 5.13 Å². The maximum Gasteiger partial charge on any atom is 0.352 e. The largest absolute Gasteiger partial charge is 0.477 e. The third-order valence-electron chi connectivity index (χ3n) is 7.83. The number of hydrogen-bond donors (Lipinski definition) is 4. The van der Waals surface area contributed by atoms with Gasteiger partial charge in [-0.1, -0.05) is 17.4 Å². The Bertz CT molecular complexity index is 1220. The Balaban J connectivity index is 1.32. The second-order valence-electron chi connectivity index (χ2n) is 9.76. The maximum atomic E-state index is 13.1. The number of quaternary nitrogens is 1. The SMILES string of the molecule is CO/N=C(\C(=O)N[C@@H]1C(=O)N2C(C(=O)O)=C(C[N+]34CCC(C(N)=S)(CC3)CC4)CS[C@H]12)c1nsc(N)n1. The van der Waals surface area contributed by atoms with Crippen molar-refractivity contribution in [2.75, 3.05) is 44.8 Å². The molecule has 1 aromatic heterocycles. The monoisotopic (exact) mass is 567 g/mol. The summed E-state index contributed by atoms with van der Waals surface area (Å²) in [5, 5.41) is 16.0. The normalized spacial score (nSPS) is 31.0. The lowest BCUT2D eigenvalue weighted by molar-refractivity contribution is -0.940. The number of carbonyl (C=O) groups is 3.